The number of hydrogen-bond acceptors (Lipinski definition) is 5. The van der Waals surface area contributed by atoms with Gasteiger partial charge in [-0.15, -0.1) is 0 Å². The highest BCUT2D eigenvalue weighted by Crippen LogP contribution is 2.28. The molecule has 7 nitrogen and oxygen atoms in total. The second-order valence-corrected chi connectivity index (χ2v) is 9.80. The fourth-order valence-corrected chi connectivity index (χ4v) is 5.09. The molecular weight excluding hydrogens is 456 g/mol. The van der Waals surface area contributed by atoms with Gasteiger partial charge in [-0.2, -0.15) is 0 Å². The number of amides is 1. The van der Waals surface area contributed by atoms with Crippen molar-refractivity contribution < 1.29 is 19.4 Å². The van der Waals surface area contributed by atoms with Gasteiger partial charge in [-0.05, 0) is 49.5 Å². The zero-order valence-corrected chi connectivity index (χ0v) is 20.4. The van der Waals surface area contributed by atoms with Gasteiger partial charge >= 0.3 is 0 Å². The van der Waals surface area contributed by atoms with Gasteiger partial charge in [-0.25, -0.2) is 0 Å². The highest BCUT2D eigenvalue weighted by Gasteiger charge is 2.28. The van der Waals surface area contributed by atoms with Crippen LogP contribution in [0.3, 0.4) is 0 Å². The SMILES string of the molecule is O=C(NCC1(O)CCCCCC1)c1cccc2c(=O)n(CC3=COC=C(C4=CC=CCC4)O3)ccc12. The van der Waals surface area contributed by atoms with Crippen LogP contribution in [0.4, 0.5) is 0 Å². The topological polar surface area (TPSA) is 89.8 Å². The summed E-state index contributed by atoms with van der Waals surface area (Å²) in [4.78, 5) is 26.3. The fraction of sp³-hybridized carbons (Fsp3) is 0.379. The third-order valence-corrected chi connectivity index (χ3v) is 7.15. The van der Waals surface area contributed by atoms with Gasteiger partial charge in [0.1, 0.15) is 12.5 Å². The Kier molecular flexibility index (Phi) is 7.09. The van der Waals surface area contributed by atoms with Gasteiger partial charge in [0.2, 0.25) is 0 Å². The molecule has 0 unspecified atom stereocenters. The zero-order valence-electron chi connectivity index (χ0n) is 20.4. The van der Waals surface area contributed by atoms with Crippen LogP contribution >= 0.6 is 0 Å². The van der Waals surface area contributed by atoms with Crippen LogP contribution in [0, 0.1) is 0 Å². The molecule has 1 aromatic heterocycles. The number of aromatic nitrogens is 1. The molecule has 2 N–H and O–H groups in total. The summed E-state index contributed by atoms with van der Waals surface area (Å²) in [5.41, 5.74) is 0.396. The van der Waals surface area contributed by atoms with E-state index >= 15 is 0 Å². The Labute approximate surface area is 210 Å². The van der Waals surface area contributed by atoms with Crippen molar-refractivity contribution >= 4 is 16.7 Å². The van der Waals surface area contributed by atoms with Crippen molar-refractivity contribution in [3.8, 4) is 0 Å². The van der Waals surface area contributed by atoms with Crippen LogP contribution in [0.25, 0.3) is 10.8 Å². The lowest BCUT2D eigenvalue weighted by atomic mass is 9.94. The Morgan fingerprint density at radius 1 is 1.08 bits per heavy atom. The number of hydrogen-bond donors (Lipinski definition) is 2. The molecule has 1 saturated carbocycles. The number of rotatable bonds is 6. The number of fused-ring (bicyclic) bond motifs is 1. The van der Waals surface area contributed by atoms with Crippen LogP contribution in [-0.4, -0.2) is 27.7 Å². The van der Waals surface area contributed by atoms with E-state index in [9.17, 15) is 14.7 Å². The molecule has 188 valence electrons. The Bertz CT molecular complexity index is 1320. The molecule has 2 aliphatic carbocycles. The molecule has 2 heterocycles. The van der Waals surface area contributed by atoms with Crippen LogP contribution < -0.4 is 10.9 Å². The molecule has 1 aromatic carbocycles. The van der Waals surface area contributed by atoms with E-state index < -0.39 is 5.60 Å². The van der Waals surface area contributed by atoms with Crippen LogP contribution in [0.5, 0.6) is 0 Å². The predicted molar refractivity (Wildman–Crippen MR) is 138 cm³/mol. The summed E-state index contributed by atoms with van der Waals surface area (Å²) in [5.74, 6) is 0.890. The molecule has 0 saturated heterocycles. The lowest BCUT2D eigenvalue weighted by Crippen LogP contribution is -2.42. The van der Waals surface area contributed by atoms with Crippen LogP contribution in [0.1, 0.15) is 61.7 Å². The van der Waals surface area contributed by atoms with E-state index in [1.165, 1.54) is 6.26 Å². The van der Waals surface area contributed by atoms with Gasteiger partial charge < -0.3 is 24.5 Å². The number of carbonyl (C=O) groups is 1. The summed E-state index contributed by atoms with van der Waals surface area (Å²) in [6, 6.07) is 6.93. The van der Waals surface area contributed by atoms with Crippen molar-refractivity contribution in [1.82, 2.24) is 9.88 Å². The normalized spacial score (nSPS) is 19.3. The first-order valence-electron chi connectivity index (χ1n) is 12.7. The van der Waals surface area contributed by atoms with Gasteiger partial charge in [0.05, 0.1) is 12.1 Å². The monoisotopic (exact) mass is 488 g/mol. The lowest BCUT2D eigenvalue weighted by Gasteiger charge is -2.27. The third kappa shape index (κ3) is 5.31. The molecule has 0 atom stereocenters. The Hall–Kier alpha value is -3.58. The average molecular weight is 489 g/mol. The standard InChI is InChI=1S/C29H32N2O5/c32-27(30-20-29(34)14-6-1-2-7-15-29)24-11-8-12-25-23(24)13-16-31(28(25)33)17-22-18-35-19-26(36-22)21-9-4-3-5-10-21/h3-4,8-9,11-13,16,18-19,34H,1-2,5-7,10,14-15,17,20H2,(H,30,32). The fourth-order valence-electron chi connectivity index (χ4n) is 5.09. The lowest BCUT2D eigenvalue weighted by molar-refractivity contribution is 0.0247. The van der Waals surface area contributed by atoms with E-state index in [0.29, 0.717) is 40.7 Å². The van der Waals surface area contributed by atoms with Crippen molar-refractivity contribution in [2.75, 3.05) is 6.54 Å². The number of benzene rings is 1. The summed E-state index contributed by atoms with van der Waals surface area (Å²) in [6.07, 6.45) is 18.2. The molecule has 0 bridgehead atoms. The van der Waals surface area contributed by atoms with Gasteiger partial charge in [-0.1, -0.05) is 50.0 Å². The molecule has 0 radical (unpaired) electrons. The number of pyridine rings is 1. The quantitative estimate of drug-likeness (QED) is 0.569. The van der Waals surface area contributed by atoms with E-state index in [2.05, 4.69) is 11.4 Å². The Balaban J connectivity index is 1.31. The minimum absolute atomic E-state index is 0.207. The first-order chi connectivity index (χ1) is 17.5. The number of nitrogens with one attached hydrogen (secondary N) is 1. The summed E-state index contributed by atoms with van der Waals surface area (Å²) < 4.78 is 13.0. The van der Waals surface area contributed by atoms with Gasteiger partial charge in [0.15, 0.2) is 11.5 Å². The largest absolute Gasteiger partial charge is 0.465 e. The number of nitrogens with zero attached hydrogens (tertiary/aromatic N) is 1. The second kappa shape index (κ2) is 10.6. The van der Waals surface area contributed by atoms with E-state index in [-0.39, 0.29) is 24.6 Å². The van der Waals surface area contributed by atoms with E-state index in [1.54, 1.807) is 41.3 Å². The number of carbonyl (C=O) groups excluding carboxylic acids is 1. The average Bonchev–Trinajstić information content (AvgIpc) is 3.14. The molecule has 7 heteroatoms. The van der Waals surface area contributed by atoms with Crippen LogP contribution in [-0.2, 0) is 16.0 Å². The minimum Gasteiger partial charge on any atom is -0.465 e. The molecule has 1 fully saturated rings. The molecule has 5 rings (SSSR count). The zero-order chi connectivity index (χ0) is 25.0. The number of ether oxygens (including phenoxy) is 2. The first-order valence-corrected chi connectivity index (χ1v) is 12.7. The van der Waals surface area contributed by atoms with Crippen LogP contribution in [0.15, 0.2) is 83.1 Å². The maximum absolute atomic E-state index is 13.3. The number of allylic oxidation sites excluding steroid dienone is 5. The Morgan fingerprint density at radius 2 is 1.92 bits per heavy atom. The summed E-state index contributed by atoms with van der Waals surface area (Å²) in [5, 5.41) is 14.8. The summed E-state index contributed by atoms with van der Waals surface area (Å²) in [7, 11) is 0. The molecule has 2 aromatic rings. The molecule has 1 amide bonds. The van der Waals surface area contributed by atoms with Gasteiger partial charge in [0, 0.05) is 29.1 Å². The van der Waals surface area contributed by atoms with Crippen molar-refractivity contribution in [2.45, 2.75) is 63.5 Å². The maximum Gasteiger partial charge on any atom is 0.258 e. The van der Waals surface area contributed by atoms with Gasteiger partial charge in [0.25, 0.3) is 11.5 Å². The predicted octanol–water partition coefficient (Wildman–Crippen LogP) is 4.82. The van der Waals surface area contributed by atoms with Crippen molar-refractivity contribution in [1.29, 1.82) is 0 Å². The second-order valence-electron chi connectivity index (χ2n) is 9.80. The minimum atomic E-state index is -0.865. The van der Waals surface area contributed by atoms with Crippen LogP contribution in [0.2, 0.25) is 0 Å². The molecule has 36 heavy (non-hydrogen) atoms. The smallest absolute Gasteiger partial charge is 0.258 e. The third-order valence-electron chi connectivity index (χ3n) is 7.15. The summed E-state index contributed by atoms with van der Waals surface area (Å²) >= 11 is 0. The van der Waals surface area contributed by atoms with Crippen molar-refractivity contribution in [3.05, 3.63) is 94.2 Å². The van der Waals surface area contributed by atoms with Gasteiger partial charge in [-0.3, -0.25) is 9.59 Å². The summed E-state index contributed by atoms with van der Waals surface area (Å²) in [6.45, 7) is 0.422. The van der Waals surface area contributed by atoms with E-state index in [0.717, 1.165) is 44.1 Å². The molecule has 1 aliphatic heterocycles. The Morgan fingerprint density at radius 3 is 2.69 bits per heavy atom. The maximum atomic E-state index is 13.3. The first kappa shape index (κ1) is 24.1. The highest BCUT2D eigenvalue weighted by atomic mass is 16.5. The van der Waals surface area contributed by atoms with Crippen molar-refractivity contribution in [3.63, 3.8) is 0 Å². The van der Waals surface area contributed by atoms with E-state index in [1.807, 2.05) is 12.2 Å². The highest BCUT2D eigenvalue weighted by molar-refractivity contribution is 6.06. The van der Waals surface area contributed by atoms with Crippen molar-refractivity contribution in [2.24, 2.45) is 0 Å². The molecular formula is C29H32N2O5. The molecule has 3 aliphatic rings. The molecule has 0 spiro atoms. The number of aliphatic hydroxyl groups is 1. The van der Waals surface area contributed by atoms with E-state index in [4.69, 9.17) is 9.47 Å².